The highest BCUT2D eigenvalue weighted by atomic mass is 19.4. The number of imidazole rings is 1. The van der Waals surface area contributed by atoms with E-state index in [2.05, 4.69) is 9.97 Å². The van der Waals surface area contributed by atoms with Gasteiger partial charge in [-0.15, -0.1) is 0 Å². The van der Waals surface area contributed by atoms with Crippen molar-refractivity contribution in [2.45, 2.75) is 50.7 Å². The third kappa shape index (κ3) is 4.23. The summed E-state index contributed by atoms with van der Waals surface area (Å²) in [6, 6.07) is 0.685. The first-order valence-electron chi connectivity index (χ1n) is 8.61. The van der Waals surface area contributed by atoms with E-state index in [1.165, 1.54) is 6.20 Å². The van der Waals surface area contributed by atoms with Gasteiger partial charge in [0.1, 0.15) is 11.6 Å². The lowest BCUT2D eigenvalue weighted by atomic mass is 9.83. The number of pyridine rings is 1. The highest BCUT2D eigenvalue weighted by Crippen LogP contribution is 2.37. The van der Waals surface area contributed by atoms with Gasteiger partial charge in [-0.2, -0.15) is 26.3 Å². The van der Waals surface area contributed by atoms with Crippen molar-refractivity contribution in [2.24, 2.45) is 5.92 Å². The van der Waals surface area contributed by atoms with Crippen LogP contribution >= 0.6 is 0 Å². The third-order valence-electron chi connectivity index (χ3n) is 4.88. The van der Waals surface area contributed by atoms with E-state index in [0.717, 1.165) is 30.0 Å². The Labute approximate surface area is 156 Å². The van der Waals surface area contributed by atoms with Gasteiger partial charge in [-0.3, -0.25) is 0 Å². The minimum absolute atomic E-state index is 0.139. The minimum Gasteiger partial charge on any atom is -0.383 e. The number of nitrogen functional groups attached to an aromatic ring is 1. The molecular weight excluding hydrogens is 390 g/mol. The summed E-state index contributed by atoms with van der Waals surface area (Å²) in [4.78, 5) is 7.24. The number of anilines is 1. The zero-order chi connectivity index (χ0) is 20.7. The van der Waals surface area contributed by atoms with Crippen molar-refractivity contribution in [1.82, 2.24) is 14.5 Å². The van der Waals surface area contributed by atoms with Crippen LogP contribution in [-0.4, -0.2) is 25.8 Å². The van der Waals surface area contributed by atoms with Crippen molar-refractivity contribution in [1.29, 1.82) is 0 Å². The van der Waals surface area contributed by atoms with Crippen LogP contribution in [0.4, 0.5) is 32.2 Å². The standard InChI is InChI=1S/C17H18F6N4O/c18-16(19,20)11-6-10(7-25-14(11)24)12-8-27(5-4-9-2-1-3-9)15(26-12)13(28)17(21,22)23/h6-9,13,28H,1-5H2,(H2,24,25)/t13-/m1/s1. The molecule has 0 aromatic carbocycles. The molecule has 1 aliphatic rings. The monoisotopic (exact) mass is 408 g/mol. The van der Waals surface area contributed by atoms with Crippen molar-refractivity contribution < 1.29 is 31.4 Å². The van der Waals surface area contributed by atoms with E-state index >= 15 is 0 Å². The molecule has 3 rings (SSSR count). The maximum atomic E-state index is 13.0. The fraction of sp³-hybridized carbons (Fsp3) is 0.529. The Kier molecular flexibility index (Phi) is 5.30. The lowest BCUT2D eigenvalue weighted by Crippen LogP contribution is -2.24. The van der Waals surface area contributed by atoms with Gasteiger partial charge < -0.3 is 15.4 Å². The van der Waals surface area contributed by atoms with Gasteiger partial charge in [-0.05, 0) is 18.4 Å². The predicted molar refractivity (Wildman–Crippen MR) is 87.8 cm³/mol. The van der Waals surface area contributed by atoms with Crippen molar-refractivity contribution in [2.75, 3.05) is 5.73 Å². The Morgan fingerprint density at radius 1 is 1.21 bits per heavy atom. The quantitative estimate of drug-likeness (QED) is 0.722. The lowest BCUT2D eigenvalue weighted by Gasteiger charge is -2.25. The van der Waals surface area contributed by atoms with E-state index < -0.39 is 35.7 Å². The summed E-state index contributed by atoms with van der Waals surface area (Å²) < 4.78 is 79.2. The summed E-state index contributed by atoms with van der Waals surface area (Å²) in [7, 11) is 0. The molecule has 0 amide bonds. The first kappa shape index (κ1) is 20.4. The second-order valence-corrected chi connectivity index (χ2v) is 6.86. The largest absolute Gasteiger partial charge is 0.421 e. The number of nitrogens with zero attached hydrogens (tertiary/aromatic N) is 3. The minimum atomic E-state index is -4.95. The molecule has 0 bridgehead atoms. The zero-order valence-electron chi connectivity index (χ0n) is 14.6. The molecule has 1 saturated carbocycles. The molecule has 3 N–H and O–H groups in total. The Morgan fingerprint density at radius 3 is 2.43 bits per heavy atom. The number of halogens is 6. The fourth-order valence-corrected chi connectivity index (χ4v) is 3.06. The van der Waals surface area contributed by atoms with Crippen LogP contribution < -0.4 is 5.73 Å². The number of hydrogen-bond acceptors (Lipinski definition) is 4. The summed E-state index contributed by atoms with van der Waals surface area (Å²) >= 11 is 0. The number of hydrogen-bond donors (Lipinski definition) is 2. The van der Waals surface area contributed by atoms with Gasteiger partial charge in [-0.25, -0.2) is 9.97 Å². The Morgan fingerprint density at radius 2 is 1.89 bits per heavy atom. The smallest absolute Gasteiger partial charge is 0.383 e. The molecule has 1 fully saturated rings. The first-order chi connectivity index (χ1) is 13.0. The maximum Gasteiger partial charge on any atom is 0.421 e. The van der Waals surface area contributed by atoms with Crippen LogP contribution in [-0.2, 0) is 12.7 Å². The van der Waals surface area contributed by atoms with Crippen molar-refractivity contribution in [3.63, 3.8) is 0 Å². The van der Waals surface area contributed by atoms with Crippen LogP contribution in [0.5, 0.6) is 0 Å². The van der Waals surface area contributed by atoms with Crippen molar-refractivity contribution >= 4 is 5.82 Å². The van der Waals surface area contributed by atoms with Gasteiger partial charge in [-0.1, -0.05) is 19.3 Å². The average molecular weight is 408 g/mol. The zero-order valence-corrected chi connectivity index (χ0v) is 14.6. The summed E-state index contributed by atoms with van der Waals surface area (Å²) in [5.41, 5.74) is 3.76. The topological polar surface area (TPSA) is 77.0 Å². The van der Waals surface area contributed by atoms with Crippen LogP contribution in [0, 0.1) is 5.92 Å². The summed E-state index contributed by atoms with van der Waals surface area (Å²) in [5.74, 6) is -1.01. The molecule has 0 aliphatic heterocycles. The molecule has 1 aliphatic carbocycles. The number of aliphatic hydroxyl groups excluding tert-OH is 1. The Hall–Kier alpha value is -2.30. The summed E-state index contributed by atoms with van der Waals surface area (Å²) in [6.45, 7) is 0.175. The number of aliphatic hydroxyl groups is 1. The first-order valence-corrected chi connectivity index (χ1v) is 8.61. The van der Waals surface area contributed by atoms with Gasteiger partial charge >= 0.3 is 12.4 Å². The number of aromatic nitrogens is 3. The normalized spacial score (nSPS) is 16.8. The molecule has 2 aromatic heterocycles. The fourth-order valence-electron chi connectivity index (χ4n) is 3.06. The number of rotatable bonds is 5. The molecule has 154 valence electrons. The third-order valence-corrected chi connectivity index (χ3v) is 4.88. The van der Waals surface area contributed by atoms with E-state index in [1.54, 1.807) is 0 Å². The van der Waals surface area contributed by atoms with Crippen molar-refractivity contribution in [3.8, 4) is 11.3 Å². The van der Waals surface area contributed by atoms with Crippen LogP contribution in [0.25, 0.3) is 11.3 Å². The average Bonchev–Trinajstić information content (AvgIpc) is 2.95. The van der Waals surface area contributed by atoms with Gasteiger partial charge in [0.2, 0.25) is 6.10 Å². The molecular formula is C17H18F6N4O. The molecule has 0 radical (unpaired) electrons. The Balaban J connectivity index is 1.98. The highest BCUT2D eigenvalue weighted by molar-refractivity contribution is 5.62. The molecule has 2 aromatic rings. The second kappa shape index (κ2) is 7.26. The molecule has 2 heterocycles. The molecule has 0 saturated heterocycles. The number of nitrogens with two attached hydrogens (primary N) is 1. The molecule has 28 heavy (non-hydrogen) atoms. The van der Waals surface area contributed by atoms with Gasteiger partial charge in [0.15, 0.2) is 0 Å². The molecule has 1 atom stereocenters. The predicted octanol–water partition coefficient (Wildman–Crippen LogP) is 4.33. The van der Waals surface area contributed by atoms with E-state index in [1.807, 2.05) is 0 Å². The van der Waals surface area contributed by atoms with Gasteiger partial charge in [0, 0.05) is 24.5 Å². The Bertz CT molecular complexity index is 841. The summed E-state index contributed by atoms with van der Waals surface area (Å²) in [6.07, 6.45) is -6.72. The van der Waals surface area contributed by atoms with Crippen LogP contribution in [0.3, 0.4) is 0 Å². The van der Waals surface area contributed by atoms with Crippen molar-refractivity contribution in [3.05, 3.63) is 29.8 Å². The van der Waals surface area contributed by atoms with E-state index in [-0.39, 0.29) is 17.8 Å². The van der Waals surface area contributed by atoms with E-state index in [4.69, 9.17) is 5.73 Å². The highest BCUT2D eigenvalue weighted by Gasteiger charge is 2.42. The van der Waals surface area contributed by atoms with Crippen LogP contribution in [0.15, 0.2) is 18.5 Å². The van der Waals surface area contributed by atoms with Crippen LogP contribution in [0.1, 0.15) is 43.2 Å². The molecule has 5 nitrogen and oxygen atoms in total. The second-order valence-electron chi connectivity index (χ2n) is 6.86. The van der Waals surface area contributed by atoms with Gasteiger partial charge in [0.05, 0.1) is 11.3 Å². The molecule has 0 spiro atoms. The summed E-state index contributed by atoms with van der Waals surface area (Å²) in [5, 5.41) is 9.64. The van der Waals surface area contributed by atoms with Crippen LogP contribution in [0.2, 0.25) is 0 Å². The number of alkyl halides is 6. The molecule has 11 heteroatoms. The molecule has 0 unspecified atom stereocenters. The van der Waals surface area contributed by atoms with E-state index in [9.17, 15) is 31.4 Å². The van der Waals surface area contributed by atoms with Gasteiger partial charge in [0.25, 0.3) is 0 Å². The maximum absolute atomic E-state index is 13.0. The van der Waals surface area contributed by atoms with E-state index in [0.29, 0.717) is 18.4 Å². The lowest BCUT2D eigenvalue weighted by molar-refractivity contribution is -0.209. The number of aryl methyl sites for hydroxylation is 1. The SMILES string of the molecule is Nc1ncc(-c2cn(CCC3CCC3)c([C@@H](O)C(F)(F)F)n2)cc1C(F)(F)F.